The average molecular weight is 434 g/mol. The fourth-order valence-corrected chi connectivity index (χ4v) is 3.87. The van der Waals surface area contributed by atoms with Crippen molar-refractivity contribution in [1.29, 1.82) is 0 Å². The number of ether oxygens (including phenoxy) is 1. The van der Waals surface area contributed by atoms with Crippen LogP contribution in [0.5, 0.6) is 0 Å². The van der Waals surface area contributed by atoms with E-state index in [-0.39, 0.29) is 37.8 Å². The van der Waals surface area contributed by atoms with Crippen LogP contribution in [0.25, 0.3) is 11.1 Å². The second kappa shape index (κ2) is 10.5. The Morgan fingerprint density at radius 2 is 1.66 bits per heavy atom. The third-order valence-electron chi connectivity index (χ3n) is 5.45. The monoisotopic (exact) mass is 434 g/mol. The maximum atomic E-state index is 12.5. The molecule has 2 aromatic rings. The number of hydrogen-bond donors (Lipinski definition) is 3. The molecule has 2 aromatic carbocycles. The van der Waals surface area contributed by atoms with E-state index in [4.69, 9.17) is 16.3 Å². The standard InChI is InChI=1S/C25H26N2O5/c1-3-8-22(24(30)26-16(2)13-14-23(28)29)27-25(31)32-15-21-19-11-6-4-9-17(19)18-10-5-7-12-20(18)21/h1,4-7,9-12,16,21-22H,8,13-15H2,2H3,(H,26,30)(H,27,31)(H,28,29). The van der Waals surface area contributed by atoms with Gasteiger partial charge in [-0.2, -0.15) is 0 Å². The van der Waals surface area contributed by atoms with Gasteiger partial charge >= 0.3 is 12.1 Å². The molecule has 3 N–H and O–H groups in total. The fourth-order valence-electron chi connectivity index (χ4n) is 3.87. The highest BCUT2D eigenvalue weighted by molar-refractivity contribution is 5.86. The Morgan fingerprint density at radius 1 is 1.06 bits per heavy atom. The van der Waals surface area contributed by atoms with Crippen molar-refractivity contribution in [1.82, 2.24) is 10.6 Å². The molecule has 0 spiro atoms. The molecule has 7 nitrogen and oxygen atoms in total. The summed E-state index contributed by atoms with van der Waals surface area (Å²) in [6.45, 7) is 1.82. The van der Waals surface area contributed by atoms with E-state index in [0.717, 1.165) is 22.3 Å². The summed E-state index contributed by atoms with van der Waals surface area (Å²) >= 11 is 0. The van der Waals surface area contributed by atoms with Crippen LogP contribution in [0.15, 0.2) is 48.5 Å². The molecule has 2 amide bonds. The molecule has 0 saturated heterocycles. The van der Waals surface area contributed by atoms with E-state index in [0.29, 0.717) is 0 Å². The van der Waals surface area contributed by atoms with Crippen molar-refractivity contribution in [2.75, 3.05) is 6.61 Å². The summed E-state index contributed by atoms with van der Waals surface area (Å²) in [6.07, 6.45) is 4.81. The zero-order valence-electron chi connectivity index (χ0n) is 17.8. The molecule has 0 heterocycles. The van der Waals surface area contributed by atoms with Gasteiger partial charge in [0.15, 0.2) is 0 Å². The Hall–Kier alpha value is -3.79. The summed E-state index contributed by atoms with van der Waals surface area (Å²) < 4.78 is 5.47. The predicted molar refractivity (Wildman–Crippen MR) is 120 cm³/mol. The van der Waals surface area contributed by atoms with Gasteiger partial charge in [-0.1, -0.05) is 48.5 Å². The third kappa shape index (κ3) is 5.46. The van der Waals surface area contributed by atoms with Gasteiger partial charge in [-0.15, -0.1) is 12.3 Å². The van der Waals surface area contributed by atoms with Crippen LogP contribution in [0, 0.1) is 12.3 Å². The van der Waals surface area contributed by atoms with E-state index in [1.54, 1.807) is 6.92 Å². The summed E-state index contributed by atoms with van der Waals surface area (Å²) in [6, 6.07) is 14.7. The van der Waals surface area contributed by atoms with Gasteiger partial charge in [0, 0.05) is 24.8 Å². The first-order valence-corrected chi connectivity index (χ1v) is 10.5. The Morgan fingerprint density at radius 3 is 2.22 bits per heavy atom. The lowest BCUT2D eigenvalue weighted by Gasteiger charge is -2.20. The number of hydrogen-bond acceptors (Lipinski definition) is 4. The zero-order chi connectivity index (χ0) is 23.1. The van der Waals surface area contributed by atoms with Gasteiger partial charge in [-0.25, -0.2) is 4.79 Å². The summed E-state index contributed by atoms with van der Waals surface area (Å²) in [5.74, 6) is 0.863. The van der Waals surface area contributed by atoms with Crippen molar-refractivity contribution in [3.63, 3.8) is 0 Å². The van der Waals surface area contributed by atoms with Crippen molar-refractivity contribution in [3.8, 4) is 23.5 Å². The van der Waals surface area contributed by atoms with Crippen molar-refractivity contribution in [2.24, 2.45) is 0 Å². The minimum atomic E-state index is -0.970. The van der Waals surface area contributed by atoms with Gasteiger partial charge in [0.1, 0.15) is 12.6 Å². The third-order valence-corrected chi connectivity index (χ3v) is 5.45. The van der Waals surface area contributed by atoms with Crippen molar-refractivity contribution >= 4 is 18.0 Å². The van der Waals surface area contributed by atoms with Gasteiger partial charge in [0.05, 0.1) is 0 Å². The van der Waals surface area contributed by atoms with Gasteiger partial charge in [0.25, 0.3) is 0 Å². The number of benzene rings is 2. The van der Waals surface area contributed by atoms with Crippen LogP contribution in [0.1, 0.15) is 43.2 Å². The number of terminal acetylenes is 1. The molecule has 2 atom stereocenters. The Bertz CT molecular complexity index is 997. The molecule has 3 rings (SSSR count). The van der Waals surface area contributed by atoms with E-state index < -0.39 is 24.0 Å². The molecule has 0 aromatic heterocycles. The highest BCUT2D eigenvalue weighted by atomic mass is 16.5. The predicted octanol–water partition coefficient (Wildman–Crippen LogP) is 3.29. The van der Waals surface area contributed by atoms with E-state index in [9.17, 15) is 14.4 Å². The molecule has 0 bridgehead atoms. The van der Waals surface area contributed by atoms with Crippen LogP contribution in [-0.2, 0) is 14.3 Å². The molecular weight excluding hydrogens is 408 g/mol. The summed E-state index contributed by atoms with van der Waals surface area (Å²) in [7, 11) is 0. The number of fused-ring (bicyclic) bond motifs is 3. The number of nitrogens with one attached hydrogen (secondary N) is 2. The number of rotatable bonds is 9. The highest BCUT2D eigenvalue weighted by Gasteiger charge is 2.29. The molecular formula is C25H26N2O5. The molecule has 0 aliphatic heterocycles. The minimum Gasteiger partial charge on any atom is -0.481 e. The van der Waals surface area contributed by atoms with Crippen molar-refractivity contribution < 1.29 is 24.2 Å². The number of carboxylic acid groups (broad SMARTS) is 1. The van der Waals surface area contributed by atoms with Crippen LogP contribution in [0.4, 0.5) is 4.79 Å². The molecule has 2 unspecified atom stereocenters. The number of carbonyl (C=O) groups excluding carboxylic acids is 2. The van der Waals surface area contributed by atoms with Crippen LogP contribution < -0.4 is 10.6 Å². The normalized spacial score (nSPS) is 13.8. The zero-order valence-corrected chi connectivity index (χ0v) is 17.8. The van der Waals surface area contributed by atoms with Gasteiger partial charge in [-0.05, 0) is 35.6 Å². The maximum absolute atomic E-state index is 12.5. The molecule has 7 heteroatoms. The lowest BCUT2D eigenvalue weighted by atomic mass is 9.98. The molecule has 0 saturated carbocycles. The van der Waals surface area contributed by atoms with Gasteiger partial charge in [-0.3, -0.25) is 9.59 Å². The molecule has 1 aliphatic carbocycles. The molecule has 0 radical (unpaired) electrons. The topological polar surface area (TPSA) is 105 Å². The first-order valence-electron chi connectivity index (χ1n) is 10.5. The smallest absolute Gasteiger partial charge is 0.407 e. The summed E-state index contributed by atoms with van der Waals surface area (Å²) in [5, 5.41) is 14.0. The largest absolute Gasteiger partial charge is 0.481 e. The lowest BCUT2D eigenvalue weighted by molar-refractivity contribution is -0.137. The lowest BCUT2D eigenvalue weighted by Crippen LogP contribution is -2.49. The Balaban J connectivity index is 1.60. The Labute approximate surface area is 187 Å². The second-order valence-corrected chi connectivity index (χ2v) is 7.77. The fraction of sp³-hybridized carbons (Fsp3) is 0.320. The van der Waals surface area contributed by atoms with Crippen LogP contribution in [0.3, 0.4) is 0 Å². The SMILES string of the molecule is C#CCC(NC(=O)OCC1c2ccccc2-c2ccccc21)C(=O)NC(C)CCC(=O)O. The molecule has 166 valence electrons. The average Bonchev–Trinajstić information content (AvgIpc) is 3.10. The van der Waals surface area contributed by atoms with Gasteiger partial charge < -0.3 is 20.5 Å². The quantitative estimate of drug-likeness (QED) is 0.526. The van der Waals surface area contributed by atoms with Crippen molar-refractivity contribution in [2.45, 2.75) is 44.2 Å². The first kappa shape index (κ1) is 22.9. The first-order chi connectivity index (χ1) is 15.4. The van der Waals surface area contributed by atoms with Crippen molar-refractivity contribution in [3.05, 3.63) is 59.7 Å². The summed E-state index contributed by atoms with van der Waals surface area (Å²) in [5.41, 5.74) is 4.42. The van der Waals surface area contributed by atoms with E-state index in [1.165, 1.54) is 0 Å². The van der Waals surface area contributed by atoms with Crippen LogP contribution in [-0.4, -0.2) is 41.8 Å². The Kier molecular flexibility index (Phi) is 7.50. The maximum Gasteiger partial charge on any atom is 0.407 e. The number of alkyl carbamates (subject to hydrolysis) is 1. The molecule has 1 aliphatic rings. The minimum absolute atomic E-state index is 0.0122. The van der Waals surface area contributed by atoms with E-state index in [2.05, 4.69) is 16.6 Å². The van der Waals surface area contributed by atoms with E-state index in [1.807, 2.05) is 48.5 Å². The number of aliphatic carboxylic acids is 1. The second-order valence-electron chi connectivity index (χ2n) is 7.77. The summed E-state index contributed by atoms with van der Waals surface area (Å²) in [4.78, 5) is 35.6. The highest BCUT2D eigenvalue weighted by Crippen LogP contribution is 2.44. The van der Waals surface area contributed by atoms with Gasteiger partial charge in [0.2, 0.25) is 5.91 Å². The molecule has 32 heavy (non-hydrogen) atoms. The number of amides is 2. The van der Waals surface area contributed by atoms with Crippen LogP contribution >= 0.6 is 0 Å². The molecule has 0 fully saturated rings. The number of carbonyl (C=O) groups is 3. The van der Waals surface area contributed by atoms with E-state index >= 15 is 0 Å². The van der Waals surface area contributed by atoms with Crippen LogP contribution in [0.2, 0.25) is 0 Å². The number of carboxylic acids is 1.